The molecule has 0 saturated heterocycles. The Balaban J connectivity index is 2.18. The first-order valence-corrected chi connectivity index (χ1v) is 6.94. The molecular weight excluding hydrogens is 206 g/mol. The van der Waals surface area contributed by atoms with Gasteiger partial charge in [0.25, 0.3) is 0 Å². The molecule has 0 heterocycles. The molecule has 0 amide bonds. The van der Waals surface area contributed by atoms with Gasteiger partial charge in [0.05, 0.1) is 0 Å². The maximum absolute atomic E-state index is 3.80. The molecule has 0 saturated carbocycles. The molecule has 0 radical (unpaired) electrons. The van der Waals surface area contributed by atoms with E-state index in [1.807, 2.05) is 0 Å². The minimum Gasteiger partial charge on any atom is -0.307 e. The van der Waals surface area contributed by atoms with Gasteiger partial charge in [0.2, 0.25) is 0 Å². The van der Waals surface area contributed by atoms with Crippen molar-refractivity contribution in [3.63, 3.8) is 0 Å². The van der Waals surface area contributed by atoms with Gasteiger partial charge in [-0.1, -0.05) is 45.0 Å². The first-order valence-electron chi connectivity index (χ1n) is 6.94. The monoisotopic (exact) mass is 231 g/mol. The second-order valence-corrected chi connectivity index (χ2v) is 5.86. The van der Waals surface area contributed by atoms with E-state index >= 15 is 0 Å². The van der Waals surface area contributed by atoms with Gasteiger partial charge < -0.3 is 5.32 Å². The Morgan fingerprint density at radius 3 is 2.35 bits per heavy atom. The van der Waals surface area contributed by atoms with Crippen LogP contribution in [0, 0.1) is 5.92 Å². The summed E-state index contributed by atoms with van der Waals surface area (Å²) >= 11 is 0. The van der Waals surface area contributed by atoms with Gasteiger partial charge in [-0.15, -0.1) is 0 Å². The Labute approximate surface area is 106 Å². The van der Waals surface area contributed by atoms with Crippen molar-refractivity contribution in [2.45, 2.75) is 58.5 Å². The van der Waals surface area contributed by atoms with Gasteiger partial charge in [-0.05, 0) is 42.7 Å². The van der Waals surface area contributed by atoms with Crippen LogP contribution in [0.25, 0.3) is 0 Å². The molecule has 1 N–H and O–H groups in total. The highest BCUT2D eigenvalue weighted by molar-refractivity contribution is 5.34. The quantitative estimate of drug-likeness (QED) is 0.819. The summed E-state index contributed by atoms with van der Waals surface area (Å²) in [5, 5.41) is 3.80. The van der Waals surface area contributed by atoms with Crippen LogP contribution in [0.15, 0.2) is 24.3 Å². The molecule has 94 valence electrons. The van der Waals surface area contributed by atoms with Crippen LogP contribution in [0.4, 0.5) is 0 Å². The average Bonchev–Trinajstić information content (AvgIpc) is 2.33. The van der Waals surface area contributed by atoms with E-state index in [4.69, 9.17) is 0 Å². The van der Waals surface area contributed by atoms with Crippen molar-refractivity contribution in [2.24, 2.45) is 5.92 Å². The molecular formula is C16H25N. The molecule has 3 atom stereocenters. The van der Waals surface area contributed by atoms with Crippen molar-refractivity contribution in [1.82, 2.24) is 5.32 Å². The molecule has 0 fully saturated rings. The summed E-state index contributed by atoms with van der Waals surface area (Å²) in [6.07, 6.45) is 2.58. The highest BCUT2D eigenvalue weighted by Crippen LogP contribution is 2.37. The molecule has 1 heteroatoms. The lowest BCUT2D eigenvalue weighted by atomic mass is 9.80. The van der Waals surface area contributed by atoms with Gasteiger partial charge in [-0.2, -0.15) is 0 Å². The topological polar surface area (TPSA) is 12.0 Å². The summed E-state index contributed by atoms with van der Waals surface area (Å²) in [5.41, 5.74) is 3.07. The van der Waals surface area contributed by atoms with Crippen LogP contribution in [-0.4, -0.2) is 6.04 Å². The fraction of sp³-hybridized carbons (Fsp3) is 0.625. The van der Waals surface area contributed by atoms with Crippen LogP contribution in [0.3, 0.4) is 0 Å². The van der Waals surface area contributed by atoms with E-state index in [2.05, 4.69) is 57.3 Å². The second-order valence-electron chi connectivity index (χ2n) is 5.86. The molecule has 1 nitrogen and oxygen atoms in total. The summed E-state index contributed by atoms with van der Waals surface area (Å²) in [5.74, 6) is 1.42. The van der Waals surface area contributed by atoms with Gasteiger partial charge in [0, 0.05) is 12.1 Å². The molecule has 1 aromatic carbocycles. The van der Waals surface area contributed by atoms with E-state index in [-0.39, 0.29) is 0 Å². The Kier molecular flexibility index (Phi) is 3.88. The average molecular weight is 231 g/mol. The van der Waals surface area contributed by atoms with Gasteiger partial charge >= 0.3 is 0 Å². The molecule has 1 aromatic rings. The molecule has 3 unspecified atom stereocenters. The van der Waals surface area contributed by atoms with Crippen molar-refractivity contribution in [2.75, 3.05) is 0 Å². The summed E-state index contributed by atoms with van der Waals surface area (Å²) < 4.78 is 0. The van der Waals surface area contributed by atoms with Gasteiger partial charge in [0.1, 0.15) is 0 Å². The van der Waals surface area contributed by atoms with Crippen LogP contribution in [0.5, 0.6) is 0 Å². The fourth-order valence-electron chi connectivity index (χ4n) is 2.69. The number of hydrogen-bond acceptors (Lipinski definition) is 1. The highest BCUT2D eigenvalue weighted by atomic mass is 15.0. The smallest absolute Gasteiger partial charge is 0.0325 e. The van der Waals surface area contributed by atoms with E-state index in [1.165, 1.54) is 18.4 Å². The third-order valence-electron chi connectivity index (χ3n) is 4.25. The number of nitrogens with one attached hydrogen (secondary N) is 1. The third-order valence-corrected chi connectivity index (χ3v) is 4.25. The molecule has 0 bridgehead atoms. The van der Waals surface area contributed by atoms with Gasteiger partial charge in [-0.3, -0.25) is 0 Å². The predicted octanol–water partition coefficient (Wildman–Crippen LogP) is 4.26. The highest BCUT2D eigenvalue weighted by Gasteiger charge is 2.25. The van der Waals surface area contributed by atoms with Crippen LogP contribution in [0.2, 0.25) is 0 Å². The van der Waals surface area contributed by atoms with Crippen LogP contribution in [0.1, 0.15) is 63.6 Å². The molecule has 0 aromatic heterocycles. The molecule has 0 spiro atoms. The SMILES string of the molecule is CC1CCC(NC(C)C(C)C)c2ccccc21. The van der Waals surface area contributed by atoms with Crippen molar-refractivity contribution >= 4 is 0 Å². The zero-order valence-corrected chi connectivity index (χ0v) is 11.5. The van der Waals surface area contributed by atoms with E-state index in [9.17, 15) is 0 Å². The molecule has 0 aliphatic heterocycles. The normalized spacial score (nSPS) is 25.7. The second kappa shape index (κ2) is 5.22. The maximum atomic E-state index is 3.80. The lowest BCUT2D eigenvalue weighted by Crippen LogP contribution is -2.36. The van der Waals surface area contributed by atoms with Crippen LogP contribution < -0.4 is 5.32 Å². The van der Waals surface area contributed by atoms with Crippen molar-refractivity contribution in [3.8, 4) is 0 Å². The first-order chi connectivity index (χ1) is 8.09. The van der Waals surface area contributed by atoms with Crippen LogP contribution in [-0.2, 0) is 0 Å². The molecule has 1 aliphatic rings. The predicted molar refractivity (Wildman–Crippen MR) is 74.3 cm³/mol. The fourth-order valence-corrected chi connectivity index (χ4v) is 2.69. The van der Waals surface area contributed by atoms with Crippen molar-refractivity contribution < 1.29 is 0 Å². The minimum absolute atomic E-state index is 0.555. The Bertz CT molecular complexity index is 370. The van der Waals surface area contributed by atoms with Gasteiger partial charge in [0.15, 0.2) is 0 Å². The number of benzene rings is 1. The Morgan fingerprint density at radius 2 is 1.71 bits per heavy atom. The molecule has 17 heavy (non-hydrogen) atoms. The van der Waals surface area contributed by atoms with E-state index in [0.29, 0.717) is 18.0 Å². The Hall–Kier alpha value is -0.820. The Morgan fingerprint density at radius 1 is 1.06 bits per heavy atom. The third kappa shape index (κ3) is 2.71. The summed E-state index contributed by atoms with van der Waals surface area (Å²) in [4.78, 5) is 0. The zero-order chi connectivity index (χ0) is 12.4. The number of fused-ring (bicyclic) bond motifs is 1. The van der Waals surface area contributed by atoms with Crippen molar-refractivity contribution in [3.05, 3.63) is 35.4 Å². The lowest BCUT2D eigenvalue weighted by Gasteiger charge is -2.33. The minimum atomic E-state index is 0.555. The largest absolute Gasteiger partial charge is 0.307 e. The van der Waals surface area contributed by atoms with Gasteiger partial charge in [-0.25, -0.2) is 0 Å². The lowest BCUT2D eigenvalue weighted by molar-refractivity contribution is 0.341. The summed E-state index contributed by atoms with van der Waals surface area (Å²) in [6.45, 7) is 9.22. The van der Waals surface area contributed by atoms with Crippen LogP contribution >= 0.6 is 0 Å². The van der Waals surface area contributed by atoms with Crippen molar-refractivity contribution in [1.29, 1.82) is 0 Å². The molecule has 2 rings (SSSR count). The number of rotatable bonds is 3. The maximum Gasteiger partial charge on any atom is 0.0325 e. The summed E-state index contributed by atoms with van der Waals surface area (Å²) in [7, 11) is 0. The zero-order valence-electron chi connectivity index (χ0n) is 11.5. The summed E-state index contributed by atoms with van der Waals surface area (Å²) in [6, 6.07) is 10.1. The first kappa shape index (κ1) is 12.6. The van der Waals surface area contributed by atoms with E-state index < -0.39 is 0 Å². The number of hydrogen-bond donors (Lipinski definition) is 1. The van der Waals surface area contributed by atoms with E-state index in [1.54, 1.807) is 5.56 Å². The van der Waals surface area contributed by atoms with E-state index in [0.717, 1.165) is 5.92 Å². The standard InChI is InChI=1S/C16H25N/c1-11(2)13(4)17-16-10-9-12(3)14-7-5-6-8-15(14)16/h5-8,11-13,16-17H,9-10H2,1-4H3. The molecule has 1 aliphatic carbocycles.